The Hall–Kier alpha value is -2.24. The highest BCUT2D eigenvalue weighted by Gasteiger charge is 2.47. The van der Waals surface area contributed by atoms with Gasteiger partial charge in [-0.15, -0.1) is 0 Å². The highest BCUT2D eigenvalue weighted by atomic mass is 19.1. The van der Waals surface area contributed by atoms with Crippen LogP contribution in [0.25, 0.3) is 0 Å². The zero-order valence-electron chi connectivity index (χ0n) is 13.4. The molecule has 4 nitrogen and oxygen atoms in total. The maximum atomic E-state index is 15.4. The van der Waals surface area contributed by atoms with Gasteiger partial charge in [0.1, 0.15) is 0 Å². The number of aliphatic carboxylic acids is 1. The minimum atomic E-state index is -2.47. The molecule has 1 atom stereocenters. The lowest BCUT2D eigenvalue weighted by atomic mass is 10.0. The fraction of sp³-hybridized carbons (Fsp3) is 0.316. The summed E-state index contributed by atoms with van der Waals surface area (Å²) >= 11 is 0. The Kier molecular flexibility index (Phi) is 4.92. The monoisotopic (exact) mass is 328 g/mol. The van der Waals surface area contributed by atoms with Gasteiger partial charge in [0, 0.05) is 38.3 Å². The fourth-order valence-electron chi connectivity index (χ4n) is 3.16. The molecule has 1 aliphatic heterocycles. The fourth-order valence-corrected chi connectivity index (χ4v) is 3.16. The number of benzene rings is 2. The van der Waals surface area contributed by atoms with E-state index in [0.29, 0.717) is 26.2 Å². The van der Waals surface area contributed by atoms with Crippen LogP contribution in [-0.2, 0) is 17.1 Å². The smallest absolute Gasteiger partial charge is 0.362 e. The molecule has 2 aromatic rings. The first-order chi connectivity index (χ1) is 11.6. The maximum absolute atomic E-state index is 15.4. The van der Waals surface area contributed by atoms with Crippen molar-refractivity contribution in [1.29, 1.82) is 0 Å². The molecule has 0 aliphatic carbocycles. The van der Waals surface area contributed by atoms with E-state index in [-0.39, 0.29) is 5.56 Å². The van der Waals surface area contributed by atoms with Crippen molar-refractivity contribution in [2.24, 2.45) is 0 Å². The van der Waals surface area contributed by atoms with Crippen molar-refractivity contribution in [1.82, 2.24) is 9.80 Å². The van der Waals surface area contributed by atoms with Gasteiger partial charge in [0.25, 0.3) is 5.79 Å². The van der Waals surface area contributed by atoms with Crippen molar-refractivity contribution in [3.63, 3.8) is 0 Å². The quantitative estimate of drug-likeness (QED) is 0.857. The Morgan fingerprint density at radius 3 is 2.04 bits per heavy atom. The summed E-state index contributed by atoms with van der Waals surface area (Å²) in [6.07, 6.45) is 0. The van der Waals surface area contributed by atoms with E-state index in [1.165, 1.54) is 22.6 Å². The minimum absolute atomic E-state index is 0.175. The third-order valence-electron chi connectivity index (χ3n) is 4.50. The largest absolute Gasteiger partial charge is 0.478 e. The van der Waals surface area contributed by atoms with E-state index < -0.39 is 11.8 Å². The van der Waals surface area contributed by atoms with E-state index in [4.69, 9.17) is 0 Å². The van der Waals surface area contributed by atoms with Gasteiger partial charge in [0.2, 0.25) is 0 Å². The predicted octanol–water partition coefficient (Wildman–Crippen LogP) is 2.71. The summed E-state index contributed by atoms with van der Waals surface area (Å²) in [5.74, 6) is -3.93. The molecule has 0 spiro atoms. The molecule has 126 valence electrons. The molecule has 1 aliphatic rings. The van der Waals surface area contributed by atoms with Gasteiger partial charge in [0.15, 0.2) is 0 Å². The van der Waals surface area contributed by atoms with Crippen molar-refractivity contribution in [3.8, 4) is 0 Å². The van der Waals surface area contributed by atoms with Gasteiger partial charge < -0.3 is 5.11 Å². The third kappa shape index (κ3) is 3.32. The molecule has 24 heavy (non-hydrogen) atoms. The van der Waals surface area contributed by atoms with Crippen LogP contribution in [0.5, 0.6) is 0 Å². The summed E-state index contributed by atoms with van der Waals surface area (Å²) in [6.45, 7) is 2.84. The normalized spacial score (nSPS) is 18.9. The molecular weight excluding hydrogens is 307 g/mol. The Balaban J connectivity index is 1.69. The lowest BCUT2D eigenvalue weighted by Gasteiger charge is -2.40. The minimum Gasteiger partial charge on any atom is -0.478 e. The highest BCUT2D eigenvalue weighted by Crippen LogP contribution is 2.32. The number of carbonyl (C=O) groups is 1. The number of carboxylic acid groups (broad SMARTS) is 1. The summed E-state index contributed by atoms with van der Waals surface area (Å²) in [4.78, 5) is 15.3. The van der Waals surface area contributed by atoms with Gasteiger partial charge in [-0.1, -0.05) is 60.7 Å². The first-order valence-corrected chi connectivity index (χ1v) is 8.10. The van der Waals surface area contributed by atoms with Crippen LogP contribution >= 0.6 is 0 Å². The zero-order valence-corrected chi connectivity index (χ0v) is 13.4. The number of alkyl halides is 1. The van der Waals surface area contributed by atoms with E-state index in [2.05, 4.69) is 17.0 Å². The van der Waals surface area contributed by atoms with Crippen LogP contribution in [0.3, 0.4) is 0 Å². The molecule has 1 fully saturated rings. The van der Waals surface area contributed by atoms with Gasteiger partial charge in [-0.05, 0) is 5.56 Å². The molecule has 0 aromatic heterocycles. The molecule has 0 bridgehead atoms. The first-order valence-electron chi connectivity index (χ1n) is 8.10. The summed E-state index contributed by atoms with van der Waals surface area (Å²) in [6, 6.07) is 18.2. The predicted molar refractivity (Wildman–Crippen MR) is 90.2 cm³/mol. The third-order valence-corrected chi connectivity index (χ3v) is 4.50. The van der Waals surface area contributed by atoms with Crippen molar-refractivity contribution < 1.29 is 14.3 Å². The number of hydrogen-bond donors (Lipinski definition) is 1. The highest BCUT2D eigenvalue weighted by molar-refractivity contribution is 5.78. The average Bonchev–Trinajstić information content (AvgIpc) is 2.63. The molecular formula is C19H21FN2O2. The summed E-state index contributed by atoms with van der Waals surface area (Å²) in [7, 11) is 0. The van der Waals surface area contributed by atoms with Crippen LogP contribution in [0.1, 0.15) is 11.1 Å². The van der Waals surface area contributed by atoms with Gasteiger partial charge in [-0.25, -0.2) is 9.18 Å². The van der Waals surface area contributed by atoms with Crippen LogP contribution in [0.4, 0.5) is 4.39 Å². The Bertz CT molecular complexity index is 672. The van der Waals surface area contributed by atoms with Crippen LogP contribution < -0.4 is 0 Å². The molecule has 1 unspecified atom stereocenters. The van der Waals surface area contributed by atoms with Crippen LogP contribution in [0.2, 0.25) is 0 Å². The number of nitrogens with zero attached hydrogens (tertiary/aromatic N) is 2. The van der Waals surface area contributed by atoms with Crippen LogP contribution in [0, 0.1) is 0 Å². The molecule has 2 aromatic carbocycles. The van der Waals surface area contributed by atoms with Crippen molar-refractivity contribution in [2.75, 3.05) is 26.2 Å². The van der Waals surface area contributed by atoms with Gasteiger partial charge in [-0.2, -0.15) is 0 Å². The molecule has 5 heteroatoms. The Morgan fingerprint density at radius 2 is 1.50 bits per heavy atom. The van der Waals surface area contributed by atoms with Crippen LogP contribution in [0.15, 0.2) is 60.7 Å². The standard InChI is InChI=1S/C19H21FN2O2/c20-19(18(23)24,17-9-5-2-6-10-17)22-13-11-21(12-14-22)15-16-7-3-1-4-8-16/h1-10H,11-15H2,(H,23,24). The molecule has 0 saturated carbocycles. The number of halogens is 1. The summed E-state index contributed by atoms with van der Waals surface area (Å²) in [5, 5.41) is 9.51. The van der Waals surface area contributed by atoms with E-state index >= 15 is 4.39 Å². The molecule has 1 heterocycles. The lowest BCUT2D eigenvalue weighted by molar-refractivity contribution is -0.171. The number of hydrogen-bond acceptors (Lipinski definition) is 3. The lowest BCUT2D eigenvalue weighted by Crippen LogP contribution is -2.56. The van der Waals surface area contributed by atoms with Gasteiger partial charge in [-0.3, -0.25) is 9.80 Å². The average molecular weight is 328 g/mol. The SMILES string of the molecule is O=C(O)C(F)(c1ccccc1)N1CCN(Cc2ccccc2)CC1. The number of piperazine rings is 1. The van der Waals surface area contributed by atoms with E-state index in [1.807, 2.05) is 18.2 Å². The summed E-state index contributed by atoms with van der Waals surface area (Å²) < 4.78 is 15.4. The molecule has 1 saturated heterocycles. The number of rotatable bonds is 5. The van der Waals surface area contributed by atoms with Crippen molar-refractivity contribution in [3.05, 3.63) is 71.8 Å². The van der Waals surface area contributed by atoms with Crippen molar-refractivity contribution >= 4 is 5.97 Å². The van der Waals surface area contributed by atoms with E-state index in [1.54, 1.807) is 18.2 Å². The second kappa shape index (κ2) is 7.11. The molecule has 0 amide bonds. The van der Waals surface area contributed by atoms with Gasteiger partial charge >= 0.3 is 5.97 Å². The summed E-state index contributed by atoms with van der Waals surface area (Å²) in [5.41, 5.74) is 1.38. The van der Waals surface area contributed by atoms with E-state index in [0.717, 1.165) is 6.54 Å². The van der Waals surface area contributed by atoms with Crippen molar-refractivity contribution in [2.45, 2.75) is 12.3 Å². The number of carboxylic acids is 1. The second-order valence-electron chi connectivity index (χ2n) is 6.04. The topological polar surface area (TPSA) is 43.8 Å². The van der Waals surface area contributed by atoms with E-state index in [9.17, 15) is 9.90 Å². The molecule has 0 radical (unpaired) electrons. The molecule has 3 rings (SSSR count). The van der Waals surface area contributed by atoms with Gasteiger partial charge in [0.05, 0.1) is 0 Å². The zero-order chi connectivity index (χ0) is 17.0. The van der Waals surface area contributed by atoms with Crippen LogP contribution in [-0.4, -0.2) is 47.1 Å². The molecule has 1 N–H and O–H groups in total. The maximum Gasteiger partial charge on any atom is 0.362 e. The second-order valence-corrected chi connectivity index (χ2v) is 6.04. The Labute approximate surface area is 141 Å². The first kappa shape index (κ1) is 16.6. The Morgan fingerprint density at radius 1 is 0.958 bits per heavy atom.